The quantitative estimate of drug-likeness (QED) is 0.0817. The Kier molecular flexibility index (Phi) is 18.4. The number of carbonyl (C=O) groups is 1. The molecule has 0 fully saturated rings. The Labute approximate surface area is 315 Å². The van der Waals surface area contributed by atoms with Gasteiger partial charge in [0.15, 0.2) is 16.6 Å². The molecule has 0 bridgehead atoms. The van der Waals surface area contributed by atoms with Crippen LogP contribution in [0, 0.1) is 29.6 Å². The fourth-order valence-electron chi connectivity index (χ4n) is 6.12. The lowest BCUT2D eigenvalue weighted by molar-refractivity contribution is -0.0207. The van der Waals surface area contributed by atoms with Gasteiger partial charge in [-0.25, -0.2) is 4.79 Å². The third-order valence-corrected chi connectivity index (χ3v) is 20.1. The van der Waals surface area contributed by atoms with E-state index in [0.29, 0.717) is 6.61 Å². The van der Waals surface area contributed by atoms with Crippen LogP contribution in [0.3, 0.4) is 0 Å². The number of hydrogen-bond acceptors (Lipinski definition) is 5. The molecule has 1 rings (SSSR count). The number of ether oxygens (including phenoxy) is 2. The van der Waals surface area contributed by atoms with Gasteiger partial charge in [0.25, 0.3) is 0 Å². The first-order chi connectivity index (χ1) is 23.3. The second-order valence-electron chi connectivity index (χ2n) is 17.9. The molecule has 0 radical (unpaired) electrons. The van der Waals surface area contributed by atoms with Crippen LogP contribution in [0.5, 0.6) is 5.75 Å². The molecular formula is C43H75NO5Si2. The molecule has 6 nitrogen and oxygen atoms in total. The Hall–Kier alpha value is -2.40. The monoisotopic (exact) mass is 742 g/mol. The number of rotatable bonds is 20. The molecule has 0 saturated heterocycles. The number of carbonyl (C=O) groups excluding carboxylic acids is 1. The molecule has 0 aliphatic heterocycles. The number of nitrogens with two attached hydrogens (primary N) is 1. The van der Waals surface area contributed by atoms with E-state index in [-0.39, 0.29) is 51.9 Å². The van der Waals surface area contributed by atoms with Crippen LogP contribution in [0.4, 0.5) is 4.79 Å². The summed E-state index contributed by atoms with van der Waals surface area (Å²) in [6.07, 6.45) is 11.9. The fraction of sp³-hybridized carbons (Fsp3) is 0.651. The van der Waals surface area contributed by atoms with Crippen LogP contribution in [0.15, 0.2) is 78.9 Å². The topological polar surface area (TPSA) is 80.0 Å². The first kappa shape index (κ1) is 46.6. The Morgan fingerprint density at radius 2 is 1.31 bits per heavy atom. The van der Waals surface area contributed by atoms with E-state index in [2.05, 4.69) is 134 Å². The highest BCUT2D eigenvalue weighted by molar-refractivity contribution is 6.74. The minimum absolute atomic E-state index is 0.00756. The summed E-state index contributed by atoms with van der Waals surface area (Å²) in [7, 11) is -4.27. The average Bonchev–Trinajstić information content (AvgIpc) is 3.00. The van der Waals surface area contributed by atoms with E-state index >= 15 is 0 Å². The lowest BCUT2D eigenvalue weighted by atomic mass is 9.81. The molecule has 8 heteroatoms. The van der Waals surface area contributed by atoms with E-state index in [9.17, 15) is 4.79 Å². The Bertz CT molecular complexity index is 1290. The highest BCUT2D eigenvalue weighted by atomic mass is 28.4. The number of allylic oxidation sites excluding steroid dienone is 3. The summed E-state index contributed by atoms with van der Waals surface area (Å²) in [5, 5.41) is 0.104. The Balaban J connectivity index is 3.45. The van der Waals surface area contributed by atoms with Gasteiger partial charge in [-0.05, 0) is 79.5 Å². The van der Waals surface area contributed by atoms with Crippen molar-refractivity contribution in [3.05, 3.63) is 78.9 Å². The Morgan fingerprint density at radius 1 is 0.804 bits per heavy atom. The normalized spacial score (nSPS) is 18.5. The van der Waals surface area contributed by atoms with Crippen molar-refractivity contribution in [3.63, 3.8) is 0 Å². The van der Waals surface area contributed by atoms with Crippen molar-refractivity contribution in [3.8, 4) is 5.75 Å². The van der Waals surface area contributed by atoms with Crippen LogP contribution in [0.1, 0.15) is 89.5 Å². The molecular weight excluding hydrogens is 667 g/mol. The van der Waals surface area contributed by atoms with Crippen molar-refractivity contribution < 1.29 is 23.1 Å². The summed E-state index contributed by atoms with van der Waals surface area (Å²) < 4.78 is 26.2. The molecule has 51 heavy (non-hydrogen) atoms. The number of amides is 1. The van der Waals surface area contributed by atoms with Gasteiger partial charge in [0.1, 0.15) is 18.5 Å². The van der Waals surface area contributed by atoms with E-state index < -0.39 is 28.8 Å². The predicted molar refractivity (Wildman–Crippen MR) is 223 cm³/mol. The molecule has 4 unspecified atom stereocenters. The third kappa shape index (κ3) is 15.2. The van der Waals surface area contributed by atoms with Gasteiger partial charge in [-0.1, -0.05) is 143 Å². The zero-order chi connectivity index (χ0) is 39.4. The largest absolute Gasteiger partial charge is 0.490 e. The van der Waals surface area contributed by atoms with Crippen LogP contribution in [-0.2, 0) is 13.6 Å². The third-order valence-electron chi connectivity index (χ3n) is 11.1. The summed E-state index contributed by atoms with van der Waals surface area (Å²) in [4.78, 5) is 12.1. The molecule has 0 spiro atoms. The second kappa shape index (κ2) is 20.2. The lowest BCUT2D eigenvalue weighted by Crippen LogP contribution is -2.50. The highest BCUT2D eigenvalue weighted by Gasteiger charge is 2.44. The first-order valence-electron chi connectivity index (χ1n) is 19.0. The average molecular weight is 742 g/mol. The van der Waals surface area contributed by atoms with E-state index in [0.717, 1.165) is 12.2 Å². The van der Waals surface area contributed by atoms with Crippen LogP contribution >= 0.6 is 0 Å². The van der Waals surface area contributed by atoms with Gasteiger partial charge in [0.05, 0.1) is 12.2 Å². The van der Waals surface area contributed by atoms with Crippen molar-refractivity contribution in [2.24, 2.45) is 35.3 Å². The lowest BCUT2D eigenvalue weighted by Gasteiger charge is -2.45. The molecule has 1 amide bonds. The van der Waals surface area contributed by atoms with Crippen LogP contribution in [-0.4, -0.2) is 47.6 Å². The maximum absolute atomic E-state index is 12.1. The summed E-state index contributed by atoms with van der Waals surface area (Å²) in [6.45, 7) is 40.5. The summed E-state index contributed by atoms with van der Waals surface area (Å²) >= 11 is 0. The molecule has 1 aromatic carbocycles. The maximum Gasteiger partial charge on any atom is 0.404 e. The fourth-order valence-corrected chi connectivity index (χ4v) is 9.07. The van der Waals surface area contributed by atoms with Crippen molar-refractivity contribution in [2.75, 3.05) is 6.61 Å². The van der Waals surface area contributed by atoms with Gasteiger partial charge in [-0.15, -0.1) is 0 Å². The number of primary amides is 1. The van der Waals surface area contributed by atoms with E-state index in [4.69, 9.17) is 24.1 Å². The zero-order valence-corrected chi connectivity index (χ0v) is 37.2. The molecule has 0 heterocycles. The predicted octanol–water partition coefficient (Wildman–Crippen LogP) is 12.1. The smallest absolute Gasteiger partial charge is 0.404 e. The van der Waals surface area contributed by atoms with E-state index in [1.807, 2.05) is 42.5 Å². The minimum atomic E-state index is -2.20. The first-order valence-corrected chi connectivity index (χ1v) is 24.8. The number of benzene rings is 1. The van der Waals surface area contributed by atoms with Crippen molar-refractivity contribution >= 4 is 22.7 Å². The second-order valence-corrected chi connectivity index (χ2v) is 27.4. The van der Waals surface area contributed by atoms with Crippen molar-refractivity contribution in [2.45, 2.75) is 144 Å². The SMILES string of the molecule is C=CC=C[C@H](C)C(OC(N)=O)C(C)C(O[Si](C)(C)C(C)(C)C)C(C)CC(C)=C[C@H](C)[C@@H](O[Si](C)(C)C(C)(C)C)[C@@H](C)C=CCOc1ccccc1. The number of para-hydroxylation sites is 1. The van der Waals surface area contributed by atoms with Crippen molar-refractivity contribution in [1.82, 2.24) is 0 Å². The number of hydrogen-bond donors (Lipinski definition) is 1. The van der Waals surface area contributed by atoms with E-state index in [1.165, 1.54) is 5.57 Å². The summed E-state index contributed by atoms with van der Waals surface area (Å²) in [5.41, 5.74) is 6.92. The molecule has 0 aliphatic rings. The highest BCUT2D eigenvalue weighted by Crippen LogP contribution is 2.42. The molecule has 1 aromatic rings. The van der Waals surface area contributed by atoms with Gasteiger partial charge in [0.2, 0.25) is 0 Å². The molecule has 290 valence electrons. The molecule has 0 saturated carbocycles. The maximum atomic E-state index is 12.1. The van der Waals surface area contributed by atoms with Crippen LogP contribution in [0.2, 0.25) is 36.3 Å². The van der Waals surface area contributed by atoms with Crippen molar-refractivity contribution in [1.29, 1.82) is 0 Å². The van der Waals surface area contributed by atoms with Crippen LogP contribution < -0.4 is 10.5 Å². The van der Waals surface area contributed by atoms with Gasteiger partial charge in [-0.2, -0.15) is 0 Å². The Morgan fingerprint density at radius 3 is 1.80 bits per heavy atom. The summed E-state index contributed by atoms with van der Waals surface area (Å²) in [5.74, 6) is 1.20. The minimum Gasteiger partial charge on any atom is -0.490 e. The van der Waals surface area contributed by atoms with Gasteiger partial charge >= 0.3 is 6.09 Å². The molecule has 2 N–H and O–H groups in total. The summed E-state index contributed by atoms with van der Waals surface area (Å²) in [6, 6.07) is 9.92. The molecule has 0 aromatic heterocycles. The zero-order valence-electron chi connectivity index (χ0n) is 35.2. The molecule has 8 atom stereocenters. The standard InChI is InChI=1S/C43H75NO5Si2/c1-18-19-24-33(4)39(47-41(44)45)36(7)40(49-51(16,17)43(11,12)13)35(6)30-31(2)29-34(5)38(48-50(14,15)42(8,9)10)32(3)25-23-28-46-37-26-21-20-22-27-37/h18-27,29,32-36,38-40H,1,28,30H2,2-17H3,(H2,44,45)/t32-,33-,34-,35?,36?,38-,39?,40?/m0/s1. The van der Waals surface area contributed by atoms with Gasteiger partial charge in [-0.3, -0.25) is 0 Å². The molecule has 0 aliphatic carbocycles. The van der Waals surface area contributed by atoms with Gasteiger partial charge in [0, 0.05) is 11.8 Å². The van der Waals surface area contributed by atoms with Gasteiger partial charge < -0.3 is 24.1 Å². The van der Waals surface area contributed by atoms with Crippen LogP contribution in [0.25, 0.3) is 0 Å². The van der Waals surface area contributed by atoms with E-state index in [1.54, 1.807) is 6.08 Å².